The van der Waals surface area contributed by atoms with Crippen LogP contribution in [-0.4, -0.2) is 30.3 Å². The number of nitrogens with one attached hydrogen (secondary N) is 3. The zero-order valence-electron chi connectivity index (χ0n) is 16.0. The molecule has 1 unspecified atom stereocenters. The first-order chi connectivity index (χ1) is 14.2. The van der Waals surface area contributed by atoms with Gasteiger partial charge in [0.05, 0.1) is 35.7 Å². The summed E-state index contributed by atoms with van der Waals surface area (Å²) in [6.07, 6.45) is 7.51. The first-order valence-corrected chi connectivity index (χ1v) is 10.1. The number of benzene rings is 1. The van der Waals surface area contributed by atoms with Gasteiger partial charge in [0.25, 0.3) is 5.91 Å². The Balaban J connectivity index is 1.52. The van der Waals surface area contributed by atoms with Crippen molar-refractivity contribution in [1.29, 1.82) is 0 Å². The second-order valence-electron chi connectivity index (χ2n) is 7.81. The van der Waals surface area contributed by atoms with Gasteiger partial charge in [-0.05, 0) is 49.4 Å². The van der Waals surface area contributed by atoms with Crippen LogP contribution in [0.1, 0.15) is 46.9 Å². The van der Waals surface area contributed by atoms with Gasteiger partial charge >= 0.3 is 0 Å². The topological polar surface area (TPSA) is 78.5 Å². The van der Waals surface area contributed by atoms with E-state index in [-0.39, 0.29) is 17.6 Å². The van der Waals surface area contributed by atoms with Crippen LogP contribution in [0.5, 0.6) is 0 Å². The average molecular weight is 394 g/mol. The van der Waals surface area contributed by atoms with Crippen LogP contribution in [0.25, 0.3) is 0 Å². The Labute approximate surface area is 168 Å². The fourth-order valence-corrected chi connectivity index (χ4v) is 3.86. The van der Waals surface area contributed by atoms with E-state index in [0.29, 0.717) is 31.1 Å². The van der Waals surface area contributed by atoms with Gasteiger partial charge in [-0.25, -0.2) is 4.39 Å². The third-order valence-corrected chi connectivity index (χ3v) is 5.63. The van der Waals surface area contributed by atoms with Crippen molar-refractivity contribution in [1.82, 2.24) is 10.3 Å². The van der Waals surface area contributed by atoms with Gasteiger partial charge in [0.1, 0.15) is 11.6 Å². The molecule has 1 saturated carbocycles. The minimum atomic E-state index is -0.299. The average Bonchev–Trinajstić information content (AvgIpc) is 3.49. The number of hydrogen-bond donors (Lipinski definition) is 3. The van der Waals surface area contributed by atoms with Crippen molar-refractivity contribution in [2.45, 2.75) is 31.6 Å². The van der Waals surface area contributed by atoms with Gasteiger partial charge in [-0.2, -0.15) is 0 Å². The van der Waals surface area contributed by atoms with Crippen molar-refractivity contribution in [3.63, 3.8) is 0 Å². The molecule has 1 amide bonds. The van der Waals surface area contributed by atoms with Crippen LogP contribution in [0.15, 0.2) is 41.2 Å². The Morgan fingerprint density at radius 2 is 2.07 bits per heavy atom. The second kappa shape index (κ2) is 7.39. The van der Waals surface area contributed by atoms with E-state index in [9.17, 15) is 9.18 Å². The molecule has 1 atom stereocenters. The molecule has 29 heavy (non-hydrogen) atoms. The van der Waals surface area contributed by atoms with Crippen LogP contribution in [0.4, 0.5) is 15.8 Å². The smallest absolute Gasteiger partial charge is 0.255 e. The lowest BCUT2D eigenvalue weighted by atomic mass is 9.95. The Bertz CT molecular complexity index is 989. The van der Waals surface area contributed by atoms with Crippen LogP contribution in [-0.2, 0) is 11.2 Å². The maximum atomic E-state index is 13.3. The van der Waals surface area contributed by atoms with E-state index in [1.54, 1.807) is 18.3 Å². The number of aromatic amines is 1. The SMILES string of the molecule is O=C1NCCc2[nH]c(C3CC=NC=C3OCC3CC3)c(Nc3ccc(F)cc3)c21. The van der Waals surface area contributed by atoms with Gasteiger partial charge in [-0.15, -0.1) is 0 Å². The third kappa shape index (κ3) is 3.64. The highest BCUT2D eigenvalue weighted by Gasteiger charge is 2.33. The maximum Gasteiger partial charge on any atom is 0.255 e. The number of aliphatic imine (C=N–C) groups is 1. The molecule has 5 rings (SSSR count). The number of ether oxygens (including phenoxy) is 1. The van der Waals surface area contributed by atoms with Crippen molar-refractivity contribution < 1.29 is 13.9 Å². The monoisotopic (exact) mass is 394 g/mol. The van der Waals surface area contributed by atoms with Crippen LogP contribution in [0.2, 0.25) is 0 Å². The summed E-state index contributed by atoms with van der Waals surface area (Å²) in [6, 6.07) is 6.14. The predicted molar refractivity (Wildman–Crippen MR) is 109 cm³/mol. The Morgan fingerprint density at radius 3 is 2.86 bits per heavy atom. The number of hydrogen-bond acceptors (Lipinski definition) is 4. The van der Waals surface area contributed by atoms with Crippen LogP contribution >= 0.6 is 0 Å². The Morgan fingerprint density at radius 1 is 1.24 bits per heavy atom. The summed E-state index contributed by atoms with van der Waals surface area (Å²) in [6.45, 7) is 1.31. The summed E-state index contributed by atoms with van der Waals surface area (Å²) in [5.74, 6) is 1.01. The van der Waals surface area contributed by atoms with Gasteiger partial charge in [0, 0.05) is 30.6 Å². The Hall–Kier alpha value is -3.09. The van der Waals surface area contributed by atoms with Crippen molar-refractivity contribution >= 4 is 23.5 Å². The molecule has 3 N–H and O–H groups in total. The number of aromatic nitrogens is 1. The van der Waals surface area contributed by atoms with E-state index in [1.807, 2.05) is 6.21 Å². The minimum absolute atomic E-state index is 0.0485. The molecule has 3 aliphatic rings. The lowest BCUT2D eigenvalue weighted by molar-refractivity contribution is 0.0947. The normalized spacial score (nSPS) is 20.7. The molecule has 1 aromatic carbocycles. The largest absolute Gasteiger partial charge is 0.495 e. The molecule has 2 aliphatic heterocycles. The molecule has 1 aromatic heterocycles. The number of rotatable bonds is 6. The maximum absolute atomic E-state index is 13.3. The summed E-state index contributed by atoms with van der Waals surface area (Å²) in [7, 11) is 0. The predicted octanol–water partition coefficient (Wildman–Crippen LogP) is 4.01. The van der Waals surface area contributed by atoms with Gasteiger partial charge < -0.3 is 20.4 Å². The minimum Gasteiger partial charge on any atom is -0.495 e. The number of carbonyl (C=O) groups is 1. The van der Waals surface area contributed by atoms with E-state index in [2.05, 4.69) is 20.6 Å². The van der Waals surface area contributed by atoms with Gasteiger partial charge in [0.2, 0.25) is 0 Å². The molecule has 6 nitrogen and oxygen atoms in total. The van der Waals surface area contributed by atoms with E-state index in [4.69, 9.17) is 4.74 Å². The molecule has 150 valence electrons. The summed E-state index contributed by atoms with van der Waals surface area (Å²) in [5.41, 5.74) is 3.90. The first kappa shape index (κ1) is 18.0. The third-order valence-electron chi connectivity index (χ3n) is 5.63. The number of H-pyrrole nitrogens is 1. The van der Waals surface area contributed by atoms with E-state index in [0.717, 1.165) is 34.9 Å². The molecule has 7 heteroatoms. The number of amides is 1. The molecule has 1 fully saturated rings. The zero-order chi connectivity index (χ0) is 19.8. The molecule has 0 radical (unpaired) electrons. The van der Waals surface area contributed by atoms with E-state index in [1.165, 1.54) is 25.0 Å². The van der Waals surface area contributed by atoms with Crippen LogP contribution < -0.4 is 10.6 Å². The molecule has 0 saturated heterocycles. The number of nitrogens with zero attached hydrogens (tertiary/aromatic N) is 1. The highest BCUT2D eigenvalue weighted by Crippen LogP contribution is 2.41. The molecular weight excluding hydrogens is 371 g/mol. The molecule has 1 aliphatic carbocycles. The highest BCUT2D eigenvalue weighted by atomic mass is 19.1. The van der Waals surface area contributed by atoms with Gasteiger partial charge in [0.15, 0.2) is 0 Å². The van der Waals surface area contributed by atoms with Gasteiger partial charge in [-0.1, -0.05) is 0 Å². The summed E-state index contributed by atoms with van der Waals surface area (Å²) < 4.78 is 19.4. The second-order valence-corrected chi connectivity index (χ2v) is 7.81. The molecule has 0 bridgehead atoms. The molecule has 3 heterocycles. The lowest BCUT2D eigenvalue weighted by Crippen LogP contribution is -2.31. The molecular formula is C22H23FN4O2. The van der Waals surface area contributed by atoms with E-state index >= 15 is 0 Å². The number of carbonyl (C=O) groups excluding carboxylic acids is 1. The summed E-state index contributed by atoms with van der Waals surface area (Å²) in [5, 5.41) is 6.27. The van der Waals surface area contributed by atoms with Crippen molar-refractivity contribution in [3.8, 4) is 0 Å². The van der Waals surface area contributed by atoms with Crippen LogP contribution in [0, 0.1) is 11.7 Å². The number of fused-ring (bicyclic) bond motifs is 1. The van der Waals surface area contributed by atoms with Crippen molar-refractivity contribution in [3.05, 3.63) is 59.0 Å². The number of allylic oxidation sites excluding steroid dienone is 1. The summed E-state index contributed by atoms with van der Waals surface area (Å²) in [4.78, 5) is 20.4. The lowest BCUT2D eigenvalue weighted by Gasteiger charge is -2.22. The summed E-state index contributed by atoms with van der Waals surface area (Å²) >= 11 is 0. The quantitative estimate of drug-likeness (QED) is 0.693. The van der Waals surface area contributed by atoms with Gasteiger partial charge in [-0.3, -0.25) is 9.79 Å². The van der Waals surface area contributed by atoms with E-state index < -0.39 is 0 Å². The first-order valence-electron chi connectivity index (χ1n) is 10.1. The van der Waals surface area contributed by atoms with Crippen molar-refractivity contribution in [2.24, 2.45) is 10.9 Å². The fraction of sp³-hybridized carbons (Fsp3) is 0.364. The molecule has 0 spiro atoms. The standard InChI is InChI=1S/C22H23FN4O2/c23-14-3-5-15(6-4-14)26-21-19-17(8-10-25-22(19)28)27-20(21)16-7-9-24-11-18(16)29-12-13-1-2-13/h3-6,9,11,13,16,26-27H,1-2,7-8,10,12H2,(H,25,28). The number of halogens is 1. The zero-order valence-corrected chi connectivity index (χ0v) is 16.0. The number of anilines is 2. The Kier molecular flexibility index (Phi) is 4.58. The fourth-order valence-electron chi connectivity index (χ4n) is 3.86. The van der Waals surface area contributed by atoms with Crippen LogP contribution in [0.3, 0.4) is 0 Å². The molecule has 2 aromatic rings. The highest BCUT2D eigenvalue weighted by molar-refractivity contribution is 6.03. The van der Waals surface area contributed by atoms with Crippen molar-refractivity contribution in [2.75, 3.05) is 18.5 Å².